The average Bonchev–Trinajstić information content (AvgIpc) is 3.16. The van der Waals surface area contributed by atoms with Crippen molar-refractivity contribution >= 4 is 35.3 Å². The number of halogens is 1. The zero-order chi connectivity index (χ0) is 17.5. The Balaban J connectivity index is 1.60. The first-order valence-corrected chi connectivity index (χ1v) is 9.81. The van der Waals surface area contributed by atoms with Gasteiger partial charge in [0.05, 0.1) is 18.6 Å². The highest BCUT2D eigenvalue weighted by molar-refractivity contribution is 7.99. The van der Waals surface area contributed by atoms with Gasteiger partial charge in [0.1, 0.15) is 0 Å². The maximum atomic E-state index is 12.2. The van der Waals surface area contributed by atoms with Gasteiger partial charge < -0.3 is 9.73 Å². The Morgan fingerprint density at radius 1 is 1.32 bits per heavy atom. The van der Waals surface area contributed by atoms with Crippen LogP contribution in [-0.2, 0) is 4.79 Å². The van der Waals surface area contributed by atoms with Crippen LogP contribution in [0.15, 0.2) is 53.4 Å². The highest BCUT2D eigenvalue weighted by atomic mass is 35.5. The van der Waals surface area contributed by atoms with Crippen LogP contribution in [-0.4, -0.2) is 41.9 Å². The third-order valence-electron chi connectivity index (χ3n) is 4.20. The van der Waals surface area contributed by atoms with E-state index >= 15 is 0 Å². The Kier molecular flexibility index (Phi) is 6.62. The molecule has 0 bridgehead atoms. The highest BCUT2D eigenvalue weighted by Crippen LogP contribution is 2.24. The predicted molar refractivity (Wildman–Crippen MR) is 104 cm³/mol. The minimum absolute atomic E-state index is 0.125. The third-order valence-corrected chi connectivity index (χ3v) is 5.49. The van der Waals surface area contributed by atoms with Crippen molar-refractivity contribution in [1.82, 2.24) is 10.2 Å². The lowest BCUT2D eigenvalue weighted by Crippen LogP contribution is -2.41. The summed E-state index contributed by atoms with van der Waals surface area (Å²) in [7, 11) is 0. The highest BCUT2D eigenvalue weighted by Gasteiger charge is 2.23. The fourth-order valence-corrected chi connectivity index (χ4v) is 3.97. The van der Waals surface area contributed by atoms with E-state index in [9.17, 15) is 4.79 Å². The summed E-state index contributed by atoms with van der Waals surface area (Å²) in [5.74, 6) is 2.11. The molecule has 0 aliphatic carbocycles. The molecule has 0 saturated carbocycles. The van der Waals surface area contributed by atoms with Crippen LogP contribution < -0.4 is 5.32 Å². The SMILES string of the molecule is O=C(C=Cc1ccccc1Cl)NCC(c1ccoc1)N1CCSCC1. The second kappa shape index (κ2) is 9.13. The van der Waals surface area contributed by atoms with Gasteiger partial charge in [0.15, 0.2) is 0 Å². The summed E-state index contributed by atoms with van der Waals surface area (Å²) in [6.45, 7) is 2.59. The molecule has 4 nitrogen and oxygen atoms in total. The normalized spacial score (nSPS) is 16.8. The van der Waals surface area contributed by atoms with E-state index in [1.54, 1.807) is 18.6 Å². The summed E-state index contributed by atoms with van der Waals surface area (Å²) in [6.07, 6.45) is 6.71. The molecule has 132 valence electrons. The van der Waals surface area contributed by atoms with Crippen LogP contribution in [0.25, 0.3) is 6.08 Å². The van der Waals surface area contributed by atoms with E-state index in [0.29, 0.717) is 11.6 Å². The molecule has 2 heterocycles. The predicted octanol–water partition coefficient (Wildman–Crippen LogP) is 3.85. The van der Waals surface area contributed by atoms with Crippen molar-refractivity contribution in [3.05, 3.63) is 65.1 Å². The van der Waals surface area contributed by atoms with Gasteiger partial charge in [0.25, 0.3) is 0 Å². The Bertz CT molecular complexity index is 712. The lowest BCUT2D eigenvalue weighted by atomic mass is 10.1. The molecule has 6 heteroatoms. The number of nitrogens with one attached hydrogen (secondary N) is 1. The summed E-state index contributed by atoms with van der Waals surface area (Å²) in [4.78, 5) is 14.6. The Labute approximate surface area is 157 Å². The topological polar surface area (TPSA) is 45.5 Å². The summed E-state index contributed by atoms with van der Waals surface area (Å²) in [5.41, 5.74) is 1.93. The standard InChI is InChI=1S/C19H21ClN2O2S/c20-17-4-2-1-3-15(17)5-6-19(23)21-13-18(16-7-10-24-14-16)22-8-11-25-12-9-22/h1-7,10,14,18H,8-9,11-13H2,(H,21,23). The molecule has 1 aliphatic rings. The van der Waals surface area contributed by atoms with E-state index in [1.807, 2.05) is 42.1 Å². The molecular weight excluding hydrogens is 356 g/mol. The lowest BCUT2D eigenvalue weighted by Gasteiger charge is -2.33. The molecular formula is C19H21ClN2O2S. The van der Waals surface area contributed by atoms with Crippen LogP contribution in [0.1, 0.15) is 17.2 Å². The van der Waals surface area contributed by atoms with E-state index in [0.717, 1.165) is 35.7 Å². The molecule has 1 amide bonds. The maximum absolute atomic E-state index is 12.2. The number of thioether (sulfide) groups is 1. The average molecular weight is 377 g/mol. The molecule has 1 aromatic heterocycles. The van der Waals surface area contributed by atoms with Crippen LogP contribution in [0.3, 0.4) is 0 Å². The van der Waals surface area contributed by atoms with Crippen LogP contribution in [0.2, 0.25) is 5.02 Å². The number of carbonyl (C=O) groups excluding carboxylic acids is 1. The first kappa shape index (κ1) is 18.1. The maximum Gasteiger partial charge on any atom is 0.244 e. The van der Waals surface area contributed by atoms with Gasteiger partial charge in [-0.2, -0.15) is 11.8 Å². The summed E-state index contributed by atoms with van der Waals surface area (Å²) >= 11 is 8.07. The molecule has 1 N–H and O–H groups in total. The molecule has 1 aromatic carbocycles. The van der Waals surface area contributed by atoms with Gasteiger partial charge >= 0.3 is 0 Å². The number of rotatable bonds is 6. The number of carbonyl (C=O) groups is 1. The number of nitrogens with zero attached hydrogens (tertiary/aromatic N) is 1. The number of amides is 1. The monoisotopic (exact) mass is 376 g/mol. The molecule has 25 heavy (non-hydrogen) atoms. The molecule has 3 rings (SSSR count). The van der Waals surface area contributed by atoms with Crippen LogP contribution in [0, 0.1) is 0 Å². The van der Waals surface area contributed by atoms with Crippen molar-refractivity contribution in [2.45, 2.75) is 6.04 Å². The smallest absolute Gasteiger partial charge is 0.244 e. The van der Waals surface area contributed by atoms with Crippen molar-refractivity contribution in [1.29, 1.82) is 0 Å². The number of hydrogen-bond donors (Lipinski definition) is 1. The van der Waals surface area contributed by atoms with Crippen molar-refractivity contribution in [2.24, 2.45) is 0 Å². The van der Waals surface area contributed by atoms with E-state index in [-0.39, 0.29) is 11.9 Å². The quantitative estimate of drug-likeness (QED) is 0.778. The van der Waals surface area contributed by atoms with Gasteiger partial charge in [-0.15, -0.1) is 0 Å². The molecule has 1 aliphatic heterocycles. The van der Waals surface area contributed by atoms with Gasteiger partial charge in [0, 0.05) is 47.8 Å². The fourth-order valence-electron chi connectivity index (χ4n) is 2.84. The van der Waals surface area contributed by atoms with E-state index in [2.05, 4.69) is 10.2 Å². The zero-order valence-electron chi connectivity index (χ0n) is 13.9. The summed E-state index contributed by atoms with van der Waals surface area (Å²) in [5, 5.41) is 3.63. The molecule has 2 aromatic rings. The van der Waals surface area contributed by atoms with Gasteiger partial charge in [-0.1, -0.05) is 29.8 Å². The van der Waals surface area contributed by atoms with Crippen molar-refractivity contribution in [2.75, 3.05) is 31.1 Å². The van der Waals surface area contributed by atoms with Crippen molar-refractivity contribution in [3.8, 4) is 0 Å². The van der Waals surface area contributed by atoms with E-state index in [1.165, 1.54) is 6.08 Å². The second-order valence-corrected chi connectivity index (χ2v) is 7.45. The lowest BCUT2D eigenvalue weighted by molar-refractivity contribution is -0.116. The minimum atomic E-state index is -0.125. The van der Waals surface area contributed by atoms with E-state index in [4.69, 9.17) is 16.0 Å². The van der Waals surface area contributed by atoms with Gasteiger partial charge in [-0.3, -0.25) is 9.69 Å². The number of benzene rings is 1. The van der Waals surface area contributed by atoms with E-state index < -0.39 is 0 Å². The largest absolute Gasteiger partial charge is 0.472 e. The summed E-state index contributed by atoms with van der Waals surface area (Å²) < 4.78 is 5.24. The van der Waals surface area contributed by atoms with Crippen LogP contribution >= 0.6 is 23.4 Å². The first-order valence-electron chi connectivity index (χ1n) is 8.28. The zero-order valence-corrected chi connectivity index (χ0v) is 15.4. The fraction of sp³-hybridized carbons (Fsp3) is 0.316. The summed E-state index contributed by atoms with van der Waals surface area (Å²) in [6, 6.07) is 9.56. The molecule has 1 unspecified atom stereocenters. The minimum Gasteiger partial charge on any atom is -0.472 e. The van der Waals surface area contributed by atoms with Crippen LogP contribution in [0.5, 0.6) is 0 Å². The van der Waals surface area contributed by atoms with Crippen LogP contribution in [0.4, 0.5) is 0 Å². The molecule has 0 spiro atoms. The molecule has 1 fully saturated rings. The van der Waals surface area contributed by atoms with Gasteiger partial charge in [0.2, 0.25) is 5.91 Å². The molecule has 0 radical (unpaired) electrons. The third kappa shape index (κ3) is 5.14. The Morgan fingerprint density at radius 2 is 2.12 bits per heavy atom. The first-order chi connectivity index (χ1) is 12.2. The second-order valence-electron chi connectivity index (χ2n) is 5.82. The van der Waals surface area contributed by atoms with Crippen molar-refractivity contribution < 1.29 is 9.21 Å². The molecule has 1 atom stereocenters. The number of furan rings is 1. The van der Waals surface area contributed by atoms with Crippen molar-refractivity contribution in [3.63, 3.8) is 0 Å². The van der Waals surface area contributed by atoms with Gasteiger partial charge in [-0.25, -0.2) is 0 Å². The Morgan fingerprint density at radius 3 is 2.84 bits per heavy atom. The van der Waals surface area contributed by atoms with Gasteiger partial charge in [-0.05, 0) is 23.8 Å². The molecule has 1 saturated heterocycles. The Hall–Kier alpha value is -1.69. The number of hydrogen-bond acceptors (Lipinski definition) is 4.